The minimum Gasteiger partial charge on any atom is -0.475 e. The maximum absolute atomic E-state index is 11.8. The molecule has 1 rings (SSSR count). The third kappa shape index (κ3) is 4.75. The molecule has 1 atom stereocenters. The van der Waals surface area contributed by atoms with E-state index in [4.69, 9.17) is 9.52 Å². The molecule has 1 aromatic rings. The van der Waals surface area contributed by atoms with Crippen molar-refractivity contribution in [1.29, 1.82) is 0 Å². The molecule has 0 bridgehead atoms. The van der Waals surface area contributed by atoms with E-state index in [0.29, 0.717) is 13.0 Å². The van der Waals surface area contributed by atoms with Crippen LogP contribution >= 0.6 is 0 Å². The third-order valence-electron chi connectivity index (χ3n) is 2.62. The molecular formula is C13H19NO5. The molecule has 1 heterocycles. The molecule has 0 aliphatic heterocycles. The number of nitrogens with one attached hydrogen (secondary N) is 1. The molecule has 0 spiro atoms. The van der Waals surface area contributed by atoms with E-state index in [1.165, 1.54) is 12.1 Å². The van der Waals surface area contributed by atoms with Crippen molar-refractivity contribution in [3.63, 3.8) is 0 Å². The molecule has 0 fully saturated rings. The summed E-state index contributed by atoms with van der Waals surface area (Å²) >= 11 is 0. The van der Waals surface area contributed by atoms with Crippen molar-refractivity contribution in [2.45, 2.75) is 33.3 Å². The Kier molecular flexibility index (Phi) is 4.72. The van der Waals surface area contributed by atoms with Crippen molar-refractivity contribution in [3.05, 3.63) is 23.7 Å². The molecule has 0 saturated carbocycles. The Balaban J connectivity index is 2.57. The van der Waals surface area contributed by atoms with Gasteiger partial charge in [0.2, 0.25) is 5.76 Å². The summed E-state index contributed by atoms with van der Waals surface area (Å²) in [6.07, 6.45) is 0.0975. The normalized spacial score (nSPS) is 13.1. The first kappa shape index (κ1) is 15.2. The second-order valence-electron chi connectivity index (χ2n) is 5.37. The number of carbonyl (C=O) groups is 2. The maximum Gasteiger partial charge on any atom is 0.371 e. The number of carboxylic acid groups (broad SMARTS) is 1. The molecule has 106 valence electrons. The average molecular weight is 269 g/mol. The Labute approximate surface area is 111 Å². The highest BCUT2D eigenvalue weighted by Crippen LogP contribution is 2.21. The summed E-state index contributed by atoms with van der Waals surface area (Å²) in [5.74, 6) is -1.99. The van der Waals surface area contributed by atoms with Crippen molar-refractivity contribution >= 4 is 11.9 Å². The fourth-order valence-corrected chi connectivity index (χ4v) is 1.85. The number of aliphatic hydroxyl groups excluding tert-OH is 1. The number of carboxylic acids is 1. The Morgan fingerprint density at radius 3 is 2.42 bits per heavy atom. The van der Waals surface area contributed by atoms with Crippen LogP contribution in [-0.4, -0.2) is 34.7 Å². The van der Waals surface area contributed by atoms with Crippen molar-refractivity contribution < 1.29 is 24.2 Å². The first-order chi connectivity index (χ1) is 8.71. The molecule has 0 saturated heterocycles. The van der Waals surface area contributed by atoms with Gasteiger partial charge in [0.1, 0.15) is 0 Å². The zero-order chi connectivity index (χ0) is 14.6. The van der Waals surface area contributed by atoms with E-state index in [0.717, 1.165) is 0 Å². The average Bonchev–Trinajstić information content (AvgIpc) is 2.73. The number of aliphatic hydroxyl groups is 1. The summed E-state index contributed by atoms with van der Waals surface area (Å²) in [6, 6.07) is 2.55. The Bertz CT molecular complexity index is 461. The van der Waals surface area contributed by atoms with Crippen molar-refractivity contribution in [2.75, 3.05) is 6.54 Å². The number of rotatable bonds is 6. The molecule has 6 heteroatoms. The van der Waals surface area contributed by atoms with Gasteiger partial charge in [-0.3, -0.25) is 4.79 Å². The lowest BCUT2D eigenvalue weighted by molar-refractivity contribution is 0.0658. The van der Waals surface area contributed by atoms with Gasteiger partial charge in [0.15, 0.2) is 5.76 Å². The molecule has 1 unspecified atom stereocenters. The van der Waals surface area contributed by atoms with Gasteiger partial charge in [-0.05, 0) is 30.9 Å². The van der Waals surface area contributed by atoms with Crippen LogP contribution in [0, 0.1) is 5.41 Å². The monoisotopic (exact) mass is 269 g/mol. The van der Waals surface area contributed by atoms with Crippen LogP contribution in [0.25, 0.3) is 0 Å². The van der Waals surface area contributed by atoms with E-state index in [1.807, 2.05) is 13.8 Å². The first-order valence-electron chi connectivity index (χ1n) is 6.01. The zero-order valence-electron chi connectivity index (χ0n) is 11.3. The van der Waals surface area contributed by atoms with Gasteiger partial charge in [0, 0.05) is 6.54 Å². The summed E-state index contributed by atoms with van der Waals surface area (Å²) in [4.78, 5) is 22.4. The van der Waals surface area contributed by atoms with E-state index >= 15 is 0 Å². The SMILES string of the molecule is CC(O)CC(C)(C)CNC(=O)c1ccc(C(=O)O)o1. The summed E-state index contributed by atoms with van der Waals surface area (Å²) in [5, 5.41) is 20.7. The predicted molar refractivity (Wildman–Crippen MR) is 68.1 cm³/mol. The molecule has 0 aliphatic rings. The summed E-state index contributed by atoms with van der Waals surface area (Å²) < 4.78 is 4.89. The van der Waals surface area contributed by atoms with E-state index in [-0.39, 0.29) is 16.9 Å². The second-order valence-corrected chi connectivity index (χ2v) is 5.37. The van der Waals surface area contributed by atoms with Crippen molar-refractivity contribution in [2.24, 2.45) is 5.41 Å². The van der Waals surface area contributed by atoms with Crippen LogP contribution in [0.4, 0.5) is 0 Å². The predicted octanol–water partition coefficient (Wildman–Crippen LogP) is 1.50. The third-order valence-corrected chi connectivity index (χ3v) is 2.62. The van der Waals surface area contributed by atoms with Gasteiger partial charge in [-0.1, -0.05) is 13.8 Å². The number of aromatic carboxylic acids is 1. The first-order valence-corrected chi connectivity index (χ1v) is 6.01. The second kappa shape index (κ2) is 5.88. The van der Waals surface area contributed by atoms with E-state index < -0.39 is 18.0 Å². The van der Waals surface area contributed by atoms with Crippen LogP contribution in [0.3, 0.4) is 0 Å². The summed E-state index contributed by atoms with van der Waals surface area (Å²) in [5.41, 5.74) is -0.258. The highest BCUT2D eigenvalue weighted by atomic mass is 16.4. The Hall–Kier alpha value is -1.82. The lowest BCUT2D eigenvalue weighted by Gasteiger charge is -2.26. The zero-order valence-corrected chi connectivity index (χ0v) is 11.3. The van der Waals surface area contributed by atoms with Crippen LogP contribution < -0.4 is 5.32 Å². The van der Waals surface area contributed by atoms with E-state index in [9.17, 15) is 14.7 Å². The Morgan fingerprint density at radius 2 is 1.95 bits per heavy atom. The molecule has 1 aromatic heterocycles. The summed E-state index contributed by atoms with van der Waals surface area (Å²) in [7, 11) is 0. The van der Waals surface area contributed by atoms with E-state index in [1.54, 1.807) is 6.92 Å². The molecular weight excluding hydrogens is 250 g/mol. The Morgan fingerprint density at radius 1 is 1.37 bits per heavy atom. The smallest absolute Gasteiger partial charge is 0.371 e. The number of hydrogen-bond acceptors (Lipinski definition) is 4. The molecule has 1 amide bonds. The minimum absolute atomic E-state index is 0.0368. The lowest BCUT2D eigenvalue weighted by atomic mass is 9.87. The quantitative estimate of drug-likeness (QED) is 0.726. The fourth-order valence-electron chi connectivity index (χ4n) is 1.85. The maximum atomic E-state index is 11.8. The topological polar surface area (TPSA) is 99.8 Å². The van der Waals surface area contributed by atoms with Crippen molar-refractivity contribution in [3.8, 4) is 0 Å². The van der Waals surface area contributed by atoms with Gasteiger partial charge < -0.3 is 19.9 Å². The highest BCUT2D eigenvalue weighted by molar-refractivity contribution is 5.93. The largest absolute Gasteiger partial charge is 0.475 e. The minimum atomic E-state index is -1.21. The van der Waals surface area contributed by atoms with Gasteiger partial charge in [-0.2, -0.15) is 0 Å². The lowest BCUT2D eigenvalue weighted by Crippen LogP contribution is -2.35. The number of furan rings is 1. The van der Waals surface area contributed by atoms with Gasteiger partial charge >= 0.3 is 5.97 Å². The molecule has 0 aliphatic carbocycles. The van der Waals surface area contributed by atoms with Gasteiger partial charge in [0.05, 0.1) is 6.10 Å². The van der Waals surface area contributed by atoms with Crippen LogP contribution in [0.5, 0.6) is 0 Å². The molecule has 0 aromatic carbocycles. The van der Waals surface area contributed by atoms with Gasteiger partial charge in [0.25, 0.3) is 5.91 Å². The van der Waals surface area contributed by atoms with Crippen LogP contribution in [0.15, 0.2) is 16.5 Å². The van der Waals surface area contributed by atoms with Crippen molar-refractivity contribution in [1.82, 2.24) is 5.32 Å². The highest BCUT2D eigenvalue weighted by Gasteiger charge is 2.22. The number of hydrogen-bond donors (Lipinski definition) is 3. The van der Waals surface area contributed by atoms with Gasteiger partial charge in [-0.15, -0.1) is 0 Å². The standard InChI is InChI=1S/C13H19NO5/c1-8(15)6-13(2,3)7-14-11(16)9-4-5-10(19-9)12(17)18/h4-5,8,15H,6-7H2,1-3H3,(H,14,16)(H,17,18). The fraction of sp³-hybridized carbons (Fsp3) is 0.538. The molecule has 3 N–H and O–H groups in total. The van der Waals surface area contributed by atoms with Crippen LogP contribution in [0.1, 0.15) is 48.3 Å². The summed E-state index contributed by atoms with van der Waals surface area (Å²) in [6.45, 7) is 5.89. The molecule has 6 nitrogen and oxygen atoms in total. The van der Waals surface area contributed by atoms with E-state index in [2.05, 4.69) is 5.32 Å². The number of amides is 1. The van der Waals surface area contributed by atoms with Gasteiger partial charge in [-0.25, -0.2) is 4.79 Å². The number of carbonyl (C=O) groups excluding carboxylic acids is 1. The molecule has 0 radical (unpaired) electrons. The van der Waals surface area contributed by atoms with Crippen LogP contribution in [-0.2, 0) is 0 Å². The van der Waals surface area contributed by atoms with Crippen LogP contribution in [0.2, 0.25) is 0 Å². The molecule has 19 heavy (non-hydrogen) atoms.